The second-order valence-corrected chi connectivity index (χ2v) is 9.04. The van der Waals surface area contributed by atoms with Gasteiger partial charge in [0.15, 0.2) is 14.6 Å². The molecular formula is C18H27ClN2O5S. The molecular weight excluding hydrogens is 392 g/mol. The van der Waals surface area contributed by atoms with Gasteiger partial charge in [0.05, 0.1) is 13.0 Å². The van der Waals surface area contributed by atoms with E-state index in [4.69, 9.17) is 4.74 Å². The lowest BCUT2D eigenvalue weighted by Gasteiger charge is -2.34. The highest BCUT2D eigenvalue weighted by molar-refractivity contribution is 7.92. The van der Waals surface area contributed by atoms with Crippen molar-refractivity contribution in [1.29, 1.82) is 0 Å². The van der Waals surface area contributed by atoms with Crippen molar-refractivity contribution in [3.05, 3.63) is 35.4 Å². The van der Waals surface area contributed by atoms with Crippen LogP contribution in [0.5, 0.6) is 0 Å². The number of benzene rings is 1. The summed E-state index contributed by atoms with van der Waals surface area (Å²) >= 11 is 0. The maximum Gasteiger partial charge on any atom is 0.314 e. The van der Waals surface area contributed by atoms with E-state index in [9.17, 15) is 18.0 Å². The van der Waals surface area contributed by atoms with Gasteiger partial charge in [-0.1, -0.05) is 29.8 Å². The molecule has 0 spiro atoms. The third-order valence-corrected chi connectivity index (χ3v) is 6.98. The summed E-state index contributed by atoms with van der Waals surface area (Å²) in [5.41, 5.74) is 1.76. The number of esters is 1. The number of sulfone groups is 1. The zero-order valence-electron chi connectivity index (χ0n) is 15.8. The van der Waals surface area contributed by atoms with Crippen LogP contribution in [0.4, 0.5) is 0 Å². The fourth-order valence-electron chi connectivity index (χ4n) is 3.23. The molecule has 1 unspecified atom stereocenters. The third kappa shape index (κ3) is 5.21. The Bertz CT molecular complexity index is 758. The van der Waals surface area contributed by atoms with Crippen molar-refractivity contribution >= 4 is 34.1 Å². The van der Waals surface area contributed by atoms with Crippen LogP contribution in [-0.2, 0) is 24.2 Å². The predicted molar refractivity (Wildman–Crippen MR) is 106 cm³/mol. The smallest absolute Gasteiger partial charge is 0.314 e. The maximum absolute atomic E-state index is 12.8. The quantitative estimate of drug-likeness (QED) is 0.667. The lowest BCUT2D eigenvalue weighted by molar-refractivity contribution is -0.142. The molecule has 1 heterocycles. The van der Waals surface area contributed by atoms with Gasteiger partial charge in [-0.25, -0.2) is 8.42 Å². The van der Waals surface area contributed by atoms with Gasteiger partial charge in [-0.15, -0.1) is 12.4 Å². The van der Waals surface area contributed by atoms with E-state index in [0.29, 0.717) is 18.7 Å². The van der Waals surface area contributed by atoms with Crippen LogP contribution in [0.15, 0.2) is 24.3 Å². The lowest BCUT2D eigenvalue weighted by atomic mass is 9.94. The summed E-state index contributed by atoms with van der Waals surface area (Å²) in [7, 11) is -2.31. The number of hydrogen-bond acceptors (Lipinski definition) is 6. The number of amides is 1. The average Bonchev–Trinajstić information content (AvgIpc) is 2.62. The normalized spacial score (nSPS) is 17.3. The van der Waals surface area contributed by atoms with Gasteiger partial charge in [-0.05, 0) is 38.4 Å². The highest BCUT2D eigenvalue weighted by Gasteiger charge is 2.48. The molecule has 0 aromatic heterocycles. The van der Waals surface area contributed by atoms with Crippen molar-refractivity contribution < 1.29 is 22.7 Å². The van der Waals surface area contributed by atoms with Gasteiger partial charge < -0.3 is 15.4 Å². The molecule has 1 aliphatic rings. The Kier molecular flexibility index (Phi) is 8.25. The van der Waals surface area contributed by atoms with Gasteiger partial charge in [0, 0.05) is 12.8 Å². The van der Waals surface area contributed by atoms with Crippen LogP contribution in [0.2, 0.25) is 0 Å². The van der Waals surface area contributed by atoms with E-state index in [1.807, 2.05) is 19.1 Å². The molecule has 1 aliphatic heterocycles. The number of halogens is 1. The molecule has 1 amide bonds. The van der Waals surface area contributed by atoms with E-state index in [-0.39, 0.29) is 31.8 Å². The van der Waals surface area contributed by atoms with Crippen LogP contribution in [-0.4, -0.2) is 58.0 Å². The Morgan fingerprint density at radius 1 is 1.22 bits per heavy atom. The van der Waals surface area contributed by atoms with Crippen LogP contribution < -0.4 is 10.6 Å². The molecule has 1 aromatic rings. The van der Waals surface area contributed by atoms with Gasteiger partial charge in [0.25, 0.3) is 0 Å². The Balaban J connectivity index is 0.00000364. The summed E-state index contributed by atoms with van der Waals surface area (Å²) in [5, 5.41) is 5.75. The minimum Gasteiger partial charge on any atom is -0.468 e. The van der Waals surface area contributed by atoms with Gasteiger partial charge in [0.1, 0.15) is 0 Å². The summed E-state index contributed by atoms with van der Waals surface area (Å²) in [6.07, 6.45) is 1.52. The van der Waals surface area contributed by atoms with Gasteiger partial charge in [-0.2, -0.15) is 0 Å². The molecule has 1 fully saturated rings. The van der Waals surface area contributed by atoms with Crippen LogP contribution in [0.3, 0.4) is 0 Å². The summed E-state index contributed by atoms with van der Waals surface area (Å²) in [6, 6.07) is 7.36. The molecule has 0 bridgehead atoms. The molecule has 2 rings (SSSR count). The second kappa shape index (κ2) is 9.52. The first-order valence-corrected chi connectivity index (χ1v) is 10.4. The van der Waals surface area contributed by atoms with Gasteiger partial charge >= 0.3 is 5.97 Å². The van der Waals surface area contributed by atoms with Gasteiger partial charge in [0.2, 0.25) is 5.91 Å². The van der Waals surface area contributed by atoms with E-state index >= 15 is 0 Å². The molecule has 0 saturated carbocycles. The minimum absolute atomic E-state index is 0. The molecule has 1 aromatic carbocycles. The van der Waals surface area contributed by atoms with E-state index in [2.05, 4.69) is 10.6 Å². The molecule has 2 N–H and O–H groups in total. The fraction of sp³-hybridized carbons (Fsp3) is 0.556. The van der Waals surface area contributed by atoms with Crippen LogP contribution in [0, 0.1) is 6.92 Å². The SMILES string of the molecule is COC(=O)C(CNC(=O)C1(S(C)(=O)=O)CCNCC1)c1ccc(C)cc1.Cl. The molecule has 0 aliphatic carbocycles. The molecule has 1 saturated heterocycles. The molecule has 9 heteroatoms. The van der Waals surface area contributed by atoms with Crippen molar-refractivity contribution in [2.75, 3.05) is 33.0 Å². The van der Waals surface area contributed by atoms with Crippen molar-refractivity contribution in [2.45, 2.75) is 30.4 Å². The van der Waals surface area contributed by atoms with E-state index in [1.165, 1.54) is 7.11 Å². The lowest BCUT2D eigenvalue weighted by Crippen LogP contribution is -2.57. The summed E-state index contributed by atoms with van der Waals surface area (Å²) < 4.78 is 28.0. The van der Waals surface area contributed by atoms with Crippen molar-refractivity contribution in [3.8, 4) is 0 Å². The molecule has 1 atom stereocenters. The van der Waals surface area contributed by atoms with Crippen LogP contribution in [0.25, 0.3) is 0 Å². The topological polar surface area (TPSA) is 102 Å². The van der Waals surface area contributed by atoms with Crippen LogP contribution >= 0.6 is 12.4 Å². The first kappa shape index (κ1) is 23.4. The number of carbonyl (C=O) groups excluding carboxylic acids is 2. The maximum atomic E-state index is 12.8. The van der Waals surface area contributed by atoms with Crippen LogP contribution in [0.1, 0.15) is 29.9 Å². The average molecular weight is 419 g/mol. The zero-order chi connectivity index (χ0) is 19.4. The number of rotatable bonds is 6. The highest BCUT2D eigenvalue weighted by atomic mass is 35.5. The Labute approximate surface area is 166 Å². The molecule has 152 valence electrons. The standard InChI is InChI=1S/C18H26N2O5S.ClH/c1-13-4-6-14(7-5-13)15(16(21)25-2)12-20-17(22)18(26(3,23)24)8-10-19-11-9-18;/h4-7,15,19H,8-12H2,1-3H3,(H,20,22);1H. The number of carbonyl (C=O) groups is 2. The number of nitrogens with one attached hydrogen (secondary N) is 2. The third-order valence-electron chi connectivity index (χ3n) is 4.97. The molecule has 27 heavy (non-hydrogen) atoms. The van der Waals surface area contributed by atoms with Crippen molar-refractivity contribution in [3.63, 3.8) is 0 Å². The minimum atomic E-state index is -3.60. The Morgan fingerprint density at radius 2 is 1.78 bits per heavy atom. The van der Waals surface area contributed by atoms with E-state index in [0.717, 1.165) is 11.8 Å². The highest BCUT2D eigenvalue weighted by Crippen LogP contribution is 2.28. The number of piperidine rings is 1. The molecule has 0 radical (unpaired) electrons. The molecule has 7 nitrogen and oxygen atoms in total. The Morgan fingerprint density at radius 3 is 2.26 bits per heavy atom. The zero-order valence-corrected chi connectivity index (χ0v) is 17.4. The predicted octanol–water partition coefficient (Wildman–Crippen LogP) is 0.956. The van der Waals surface area contributed by atoms with E-state index in [1.54, 1.807) is 12.1 Å². The summed E-state index contributed by atoms with van der Waals surface area (Å²) in [6.45, 7) is 2.84. The monoisotopic (exact) mass is 418 g/mol. The number of hydrogen-bond donors (Lipinski definition) is 2. The number of methoxy groups -OCH3 is 1. The van der Waals surface area contributed by atoms with Crippen molar-refractivity contribution in [1.82, 2.24) is 10.6 Å². The second-order valence-electron chi connectivity index (χ2n) is 6.71. The summed E-state index contributed by atoms with van der Waals surface area (Å²) in [4.78, 5) is 25.0. The fourth-order valence-corrected chi connectivity index (χ4v) is 4.59. The number of aryl methyl sites for hydroxylation is 1. The van der Waals surface area contributed by atoms with Crippen molar-refractivity contribution in [2.24, 2.45) is 0 Å². The first-order chi connectivity index (χ1) is 12.2. The largest absolute Gasteiger partial charge is 0.468 e. The summed E-state index contributed by atoms with van der Waals surface area (Å²) in [5.74, 6) is -1.72. The van der Waals surface area contributed by atoms with Gasteiger partial charge in [-0.3, -0.25) is 9.59 Å². The van der Waals surface area contributed by atoms with E-state index < -0.39 is 32.4 Å². The number of ether oxygens (including phenoxy) is 1. The Hall–Kier alpha value is -1.64. The first-order valence-electron chi connectivity index (χ1n) is 8.54.